The lowest BCUT2D eigenvalue weighted by Crippen LogP contribution is -2.41. The Bertz CT molecular complexity index is 217. The lowest BCUT2D eigenvalue weighted by molar-refractivity contribution is -0.145. The molecule has 0 bridgehead atoms. The summed E-state index contributed by atoms with van der Waals surface area (Å²) >= 11 is 2.02. The molecule has 4 heteroatoms. The van der Waals surface area contributed by atoms with Crippen LogP contribution in [0.4, 0.5) is 0 Å². The molecular weight excluding hydrogens is 222 g/mol. The van der Waals surface area contributed by atoms with Crippen molar-refractivity contribution in [2.75, 3.05) is 18.6 Å². The lowest BCUT2D eigenvalue weighted by Gasteiger charge is -2.27. The standard InChI is InChI=1S/C12H23NO2S/c1-9(12(14)15-3)7-10(2)13-11-5-4-6-16-8-11/h9-11,13H,4-8H2,1-3H3. The van der Waals surface area contributed by atoms with Crippen LogP contribution in [-0.4, -0.2) is 36.7 Å². The molecule has 16 heavy (non-hydrogen) atoms. The Balaban J connectivity index is 2.23. The quantitative estimate of drug-likeness (QED) is 0.753. The second-order valence-corrected chi connectivity index (χ2v) is 5.79. The molecule has 0 spiro atoms. The van der Waals surface area contributed by atoms with Crippen molar-refractivity contribution in [2.45, 2.75) is 45.2 Å². The molecule has 1 heterocycles. The van der Waals surface area contributed by atoms with Gasteiger partial charge in [0, 0.05) is 17.8 Å². The first-order valence-corrected chi connectivity index (χ1v) is 7.20. The zero-order valence-corrected chi connectivity index (χ0v) is 11.3. The summed E-state index contributed by atoms with van der Waals surface area (Å²) in [6.45, 7) is 4.08. The number of thioether (sulfide) groups is 1. The number of carbonyl (C=O) groups excluding carboxylic acids is 1. The Labute approximate surface area is 103 Å². The molecule has 3 atom stereocenters. The van der Waals surface area contributed by atoms with E-state index in [0.29, 0.717) is 12.1 Å². The minimum absolute atomic E-state index is 0.0104. The molecule has 3 unspecified atom stereocenters. The fraction of sp³-hybridized carbons (Fsp3) is 0.917. The Hall–Kier alpha value is -0.220. The van der Waals surface area contributed by atoms with E-state index in [1.165, 1.54) is 31.5 Å². The highest BCUT2D eigenvalue weighted by atomic mass is 32.2. The van der Waals surface area contributed by atoms with Gasteiger partial charge in [-0.05, 0) is 31.9 Å². The number of methoxy groups -OCH3 is 1. The average molecular weight is 245 g/mol. The Morgan fingerprint density at radius 3 is 2.88 bits per heavy atom. The molecule has 0 aromatic rings. The van der Waals surface area contributed by atoms with Crippen LogP contribution >= 0.6 is 11.8 Å². The average Bonchev–Trinajstić information content (AvgIpc) is 2.29. The maximum atomic E-state index is 11.3. The first kappa shape index (κ1) is 13.8. The molecular formula is C12H23NO2S. The molecule has 3 nitrogen and oxygen atoms in total. The van der Waals surface area contributed by atoms with Crippen LogP contribution in [0, 0.1) is 5.92 Å². The third kappa shape index (κ3) is 4.74. The zero-order valence-electron chi connectivity index (χ0n) is 10.5. The first-order valence-electron chi connectivity index (χ1n) is 6.05. The number of hydrogen-bond acceptors (Lipinski definition) is 4. The Kier molecular flexibility index (Phi) is 6.21. The highest BCUT2D eigenvalue weighted by Gasteiger charge is 2.20. The highest BCUT2D eigenvalue weighted by Crippen LogP contribution is 2.18. The molecule has 1 aliphatic rings. The summed E-state index contributed by atoms with van der Waals surface area (Å²) in [5.41, 5.74) is 0. The van der Waals surface area contributed by atoms with Gasteiger partial charge < -0.3 is 10.1 Å². The summed E-state index contributed by atoms with van der Waals surface area (Å²) in [6.07, 6.45) is 3.43. The van der Waals surface area contributed by atoms with Crippen LogP contribution in [0.1, 0.15) is 33.1 Å². The van der Waals surface area contributed by atoms with Crippen LogP contribution < -0.4 is 5.32 Å². The summed E-state index contributed by atoms with van der Waals surface area (Å²) in [6, 6.07) is 1.01. The summed E-state index contributed by atoms with van der Waals surface area (Å²) in [7, 11) is 1.45. The van der Waals surface area contributed by atoms with Gasteiger partial charge in [0.2, 0.25) is 0 Å². The van der Waals surface area contributed by atoms with Gasteiger partial charge in [0.15, 0.2) is 0 Å². The number of nitrogens with one attached hydrogen (secondary N) is 1. The number of hydrogen-bond donors (Lipinski definition) is 1. The molecule has 1 rings (SSSR count). The molecule has 0 aromatic heterocycles. The monoisotopic (exact) mass is 245 g/mol. The van der Waals surface area contributed by atoms with Crippen molar-refractivity contribution in [1.29, 1.82) is 0 Å². The number of rotatable bonds is 5. The molecule has 1 aliphatic heterocycles. The molecule has 1 N–H and O–H groups in total. The third-order valence-corrected chi connectivity index (χ3v) is 4.21. The minimum Gasteiger partial charge on any atom is -0.469 e. The van der Waals surface area contributed by atoms with E-state index in [4.69, 9.17) is 4.74 Å². The predicted molar refractivity (Wildman–Crippen MR) is 68.7 cm³/mol. The topological polar surface area (TPSA) is 38.3 Å². The summed E-state index contributed by atoms with van der Waals surface area (Å²) < 4.78 is 4.73. The zero-order chi connectivity index (χ0) is 12.0. The van der Waals surface area contributed by atoms with E-state index >= 15 is 0 Å². The van der Waals surface area contributed by atoms with Crippen molar-refractivity contribution in [3.05, 3.63) is 0 Å². The van der Waals surface area contributed by atoms with Crippen molar-refractivity contribution < 1.29 is 9.53 Å². The molecule has 1 saturated heterocycles. The van der Waals surface area contributed by atoms with Gasteiger partial charge in [-0.2, -0.15) is 11.8 Å². The Morgan fingerprint density at radius 2 is 2.31 bits per heavy atom. The molecule has 1 fully saturated rings. The van der Waals surface area contributed by atoms with Crippen molar-refractivity contribution in [1.82, 2.24) is 5.32 Å². The van der Waals surface area contributed by atoms with E-state index in [0.717, 1.165) is 6.42 Å². The van der Waals surface area contributed by atoms with Crippen molar-refractivity contribution >= 4 is 17.7 Å². The largest absolute Gasteiger partial charge is 0.469 e. The van der Waals surface area contributed by atoms with Gasteiger partial charge >= 0.3 is 5.97 Å². The van der Waals surface area contributed by atoms with Gasteiger partial charge in [0.25, 0.3) is 0 Å². The van der Waals surface area contributed by atoms with Gasteiger partial charge in [0.1, 0.15) is 0 Å². The maximum absolute atomic E-state index is 11.3. The van der Waals surface area contributed by atoms with Gasteiger partial charge in [0.05, 0.1) is 13.0 Å². The summed E-state index contributed by atoms with van der Waals surface area (Å²) in [4.78, 5) is 11.3. The van der Waals surface area contributed by atoms with E-state index in [1.54, 1.807) is 0 Å². The first-order chi connectivity index (χ1) is 7.63. The van der Waals surface area contributed by atoms with E-state index < -0.39 is 0 Å². The van der Waals surface area contributed by atoms with Crippen LogP contribution in [0.3, 0.4) is 0 Å². The predicted octanol–water partition coefficient (Wildman–Crippen LogP) is 2.06. The van der Waals surface area contributed by atoms with Gasteiger partial charge in [-0.15, -0.1) is 0 Å². The second kappa shape index (κ2) is 7.17. The molecule has 0 aliphatic carbocycles. The second-order valence-electron chi connectivity index (χ2n) is 4.64. The molecule has 0 saturated carbocycles. The molecule has 94 valence electrons. The lowest BCUT2D eigenvalue weighted by atomic mass is 10.0. The van der Waals surface area contributed by atoms with Crippen molar-refractivity contribution in [2.24, 2.45) is 5.92 Å². The SMILES string of the molecule is COC(=O)C(C)CC(C)NC1CCCSC1. The fourth-order valence-corrected chi connectivity index (χ4v) is 3.26. The number of ether oxygens (including phenoxy) is 1. The van der Waals surface area contributed by atoms with Crippen LogP contribution in [-0.2, 0) is 9.53 Å². The van der Waals surface area contributed by atoms with Crippen molar-refractivity contribution in [3.63, 3.8) is 0 Å². The van der Waals surface area contributed by atoms with E-state index in [-0.39, 0.29) is 11.9 Å². The van der Waals surface area contributed by atoms with Crippen LogP contribution in [0.5, 0.6) is 0 Å². The molecule has 0 amide bonds. The van der Waals surface area contributed by atoms with Crippen LogP contribution in [0.2, 0.25) is 0 Å². The minimum atomic E-state index is -0.105. The van der Waals surface area contributed by atoms with Gasteiger partial charge in [-0.1, -0.05) is 6.92 Å². The molecule has 0 radical (unpaired) electrons. The number of carbonyl (C=O) groups is 1. The van der Waals surface area contributed by atoms with Gasteiger partial charge in [-0.3, -0.25) is 4.79 Å². The van der Waals surface area contributed by atoms with Gasteiger partial charge in [-0.25, -0.2) is 0 Å². The smallest absolute Gasteiger partial charge is 0.308 e. The van der Waals surface area contributed by atoms with E-state index in [2.05, 4.69) is 12.2 Å². The third-order valence-electron chi connectivity index (χ3n) is 2.99. The maximum Gasteiger partial charge on any atom is 0.308 e. The summed E-state index contributed by atoms with van der Waals surface area (Å²) in [5, 5.41) is 3.60. The van der Waals surface area contributed by atoms with E-state index in [1.807, 2.05) is 18.7 Å². The fourth-order valence-electron chi connectivity index (χ4n) is 2.17. The van der Waals surface area contributed by atoms with Crippen LogP contribution in [0.15, 0.2) is 0 Å². The highest BCUT2D eigenvalue weighted by molar-refractivity contribution is 7.99. The molecule has 0 aromatic carbocycles. The summed E-state index contributed by atoms with van der Waals surface area (Å²) in [5.74, 6) is 2.39. The normalized spacial score (nSPS) is 24.8. The number of esters is 1. The van der Waals surface area contributed by atoms with E-state index in [9.17, 15) is 4.79 Å². The van der Waals surface area contributed by atoms with Crippen molar-refractivity contribution in [3.8, 4) is 0 Å². The Morgan fingerprint density at radius 1 is 1.56 bits per heavy atom. The van der Waals surface area contributed by atoms with Crippen LogP contribution in [0.25, 0.3) is 0 Å².